The van der Waals surface area contributed by atoms with Gasteiger partial charge in [0, 0.05) is 5.56 Å². The molecule has 0 heterocycles. The number of benzene rings is 1. The first kappa shape index (κ1) is 22.6. The average Bonchev–Trinajstić information content (AvgIpc) is 2.55. The third-order valence-corrected chi connectivity index (χ3v) is 4.83. The summed E-state index contributed by atoms with van der Waals surface area (Å²) in [5, 5.41) is 39.7. The van der Waals surface area contributed by atoms with E-state index in [0.29, 0.717) is 50.6 Å². The highest BCUT2D eigenvalue weighted by Gasteiger charge is 2.27. The molecule has 0 unspecified atom stereocenters. The number of aliphatic carboxylic acids is 1. The smallest absolute Gasteiger partial charge is 0.309 e. The Balaban J connectivity index is 2.85. The van der Waals surface area contributed by atoms with Crippen molar-refractivity contribution in [2.75, 3.05) is 0 Å². The number of carboxylic acids is 1. The summed E-state index contributed by atoms with van der Waals surface area (Å²) in [5.74, 6) is -1.66. The van der Waals surface area contributed by atoms with Crippen molar-refractivity contribution in [1.29, 1.82) is 0 Å². The number of phenolic OH excluding ortho intramolecular Hbond substituents is 3. The topological polar surface area (TPSA) is 124 Å². The first-order chi connectivity index (χ1) is 12.4. The minimum absolute atomic E-state index is 0.0902. The van der Waals surface area contributed by atoms with Gasteiger partial charge in [-0.25, -0.2) is 0 Å². The van der Waals surface area contributed by atoms with Gasteiger partial charge in [0.25, 0.3) is 6.47 Å². The van der Waals surface area contributed by atoms with E-state index < -0.39 is 17.0 Å². The molecule has 0 radical (unpaired) electrons. The van der Waals surface area contributed by atoms with Gasteiger partial charge in [0.1, 0.15) is 11.4 Å². The number of hydrogen-bond acceptors (Lipinski definition) is 6. The van der Waals surface area contributed by atoms with Crippen molar-refractivity contribution in [3.8, 4) is 17.2 Å². The standard InChI is InChI=1S/C20H30O7/c1-19(2,18(25)26)9-5-7-13-11-15(22)17(24)14(16(13)23)8-6-10-20(3,4)27-12-21/h11-12,22-24H,5-10H2,1-4H3,(H,25,26). The highest BCUT2D eigenvalue weighted by Crippen LogP contribution is 2.40. The number of phenols is 3. The monoisotopic (exact) mass is 382 g/mol. The normalized spacial score (nSPS) is 12.0. The molecule has 1 aromatic rings. The molecule has 1 aromatic carbocycles. The number of hydrogen-bond donors (Lipinski definition) is 4. The Morgan fingerprint density at radius 3 is 2.19 bits per heavy atom. The van der Waals surface area contributed by atoms with Crippen LogP contribution in [0.15, 0.2) is 6.07 Å². The predicted octanol–water partition coefficient (Wildman–Crippen LogP) is 3.51. The van der Waals surface area contributed by atoms with Gasteiger partial charge >= 0.3 is 5.97 Å². The minimum Gasteiger partial charge on any atom is -0.507 e. The summed E-state index contributed by atoms with van der Waals surface area (Å²) in [6.07, 6.45) is 2.64. The number of carbonyl (C=O) groups excluding carboxylic acids is 1. The number of aryl methyl sites for hydroxylation is 1. The van der Waals surface area contributed by atoms with Gasteiger partial charge in [-0.1, -0.05) is 0 Å². The summed E-state index contributed by atoms with van der Waals surface area (Å²) in [5.41, 5.74) is -0.828. The Morgan fingerprint density at radius 2 is 1.63 bits per heavy atom. The second-order valence-electron chi connectivity index (χ2n) is 8.10. The van der Waals surface area contributed by atoms with Crippen LogP contribution >= 0.6 is 0 Å². The van der Waals surface area contributed by atoms with Crippen molar-refractivity contribution in [3.05, 3.63) is 17.2 Å². The summed E-state index contributed by atoms with van der Waals surface area (Å²) >= 11 is 0. The molecule has 0 atom stereocenters. The lowest BCUT2D eigenvalue weighted by Gasteiger charge is -2.22. The Kier molecular flexibility index (Phi) is 7.51. The average molecular weight is 382 g/mol. The van der Waals surface area contributed by atoms with Crippen LogP contribution in [-0.4, -0.2) is 38.5 Å². The maximum Gasteiger partial charge on any atom is 0.309 e. The highest BCUT2D eigenvalue weighted by atomic mass is 16.5. The zero-order valence-electron chi connectivity index (χ0n) is 16.4. The molecule has 27 heavy (non-hydrogen) atoms. The summed E-state index contributed by atoms with van der Waals surface area (Å²) in [6, 6.07) is 1.31. The zero-order chi connectivity index (χ0) is 20.8. The van der Waals surface area contributed by atoms with Crippen LogP contribution in [0.3, 0.4) is 0 Å². The van der Waals surface area contributed by atoms with Crippen molar-refractivity contribution in [3.63, 3.8) is 0 Å². The first-order valence-electron chi connectivity index (χ1n) is 9.02. The molecule has 0 aromatic heterocycles. The molecule has 0 bridgehead atoms. The van der Waals surface area contributed by atoms with E-state index in [2.05, 4.69) is 0 Å². The SMILES string of the molecule is CC(C)(CCCc1c(O)c(O)cc(CCCC(C)(C)C(=O)O)c1O)OC=O. The van der Waals surface area contributed by atoms with Gasteiger partial charge in [0.15, 0.2) is 11.5 Å². The van der Waals surface area contributed by atoms with Gasteiger partial charge in [0.2, 0.25) is 0 Å². The molecular weight excluding hydrogens is 352 g/mol. The molecule has 0 aliphatic heterocycles. The van der Waals surface area contributed by atoms with Gasteiger partial charge in [-0.05, 0) is 77.8 Å². The summed E-state index contributed by atoms with van der Waals surface area (Å²) in [6.45, 7) is 7.19. The van der Waals surface area contributed by atoms with E-state index in [1.54, 1.807) is 27.7 Å². The number of carboxylic acid groups (broad SMARTS) is 1. The van der Waals surface area contributed by atoms with Crippen molar-refractivity contribution < 1.29 is 34.8 Å². The molecule has 0 aliphatic carbocycles. The summed E-state index contributed by atoms with van der Waals surface area (Å²) in [7, 11) is 0. The fourth-order valence-corrected chi connectivity index (χ4v) is 2.90. The number of carbonyl (C=O) groups is 2. The van der Waals surface area contributed by atoms with E-state index in [1.165, 1.54) is 6.07 Å². The molecule has 1 rings (SSSR count). The Bertz CT molecular complexity index is 677. The molecule has 0 amide bonds. The van der Waals surface area contributed by atoms with Crippen LogP contribution in [0.2, 0.25) is 0 Å². The minimum atomic E-state index is -0.888. The zero-order valence-corrected chi connectivity index (χ0v) is 16.4. The van der Waals surface area contributed by atoms with Gasteiger partial charge in [-0.3, -0.25) is 9.59 Å². The Morgan fingerprint density at radius 1 is 1.04 bits per heavy atom. The van der Waals surface area contributed by atoms with E-state index >= 15 is 0 Å². The fourth-order valence-electron chi connectivity index (χ4n) is 2.90. The molecule has 7 heteroatoms. The predicted molar refractivity (Wildman–Crippen MR) is 100.0 cm³/mol. The molecule has 0 saturated carbocycles. The van der Waals surface area contributed by atoms with Crippen LogP contribution in [0.1, 0.15) is 64.5 Å². The van der Waals surface area contributed by atoms with Crippen LogP contribution in [0.5, 0.6) is 17.2 Å². The molecule has 0 fully saturated rings. The van der Waals surface area contributed by atoms with E-state index in [9.17, 15) is 24.9 Å². The van der Waals surface area contributed by atoms with Crippen LogP contribution in [0, 0.1) is 5.41 Å². The Hall–Kier alpha value is -2.44. The molecule has 0 spiro atoms. The van der Waals surface area contributed by atoms with Gasteiger partial charge in [-0.2, -0.15) is 0 Å². The van der Waals surface area contributed by atoms with Gasteiger partial charge in [0.05, 0.1) is 5.41 Å². The lowest BCUT2D eigenvalue weighted by Crippen LogP contribution is -2.23. The van der Waals surface area contributed by atoms with Crippen LogP contribution < -0.4 is 0 Å². The van der Waals surface area contributed by atoms with Crippen molar-refractivity contribution >= 4 is 12.4 Å². The van der Waals surface area contributed by atoms with Crippen molar-refractivity contribution in [2.45, 2.75) is 71.8 Å². The number of aromatic hydroxyl groups is 3. The third kappa shape index (κ3) is 6.34. The maximum absolute atomic E-state index is 11.2. The largest absolute Gasteiger partial charge is 0.507 e. The number of ether oxygens (including phenoxy) is 1. The maximum atomic E-state index is 11.2. The molecule has 0 aliphatic rings. The van der Waals surface area contributed by atoms with Crippen LogP contribution in [0.25, 0.3) is 0 Å². The summed E-state index contributed by atoms with van der Waals surface area (Å²) in [4.78, 5) is 21.7. The van der Waals surface area contributed by atoms with Crippen molar-refractivity contribution in [2.24, 2.45) is 5.41 Å². The van der Waals surface area contributed by atoms with E-state index in [4.69, 9.17) is 9.84 Å². The lowest BCUT2D eigenvalue weighted by molar-refractivity contribution is -0.147. The van der Waals surface area contributed by atoms with Crippen LogP contribution in [-0.2, 0) is 27.2 Å². The van der Waals surface area contributed by atoms with Gasteiger partial charge < -0.3 is 25.2 Å². The summed E-state index contributed by atoms with van der Waals surface area (Å²) < 4.78 is 4.98. The second-order valence-corrected chi connectivity index (χ2v) is 8.10. The quantitative estimate of drug-likeness (QED) is 0.262. The second kappa shape index (κ2) is 8.97. The molecule has 0 saturated heterocycles. The fraction of sp³-hybridized carbons (Fsp3) is 0.600. The molecule has 4 N–H and O–H groups in total. The van der Waals surface area contributed by atoms with Crippen molar-refractivity contribution in [1.82, 2.24) is 0 Å². The highest BCUT2D eigenvalue weighted by molar-refractivity contribution is 5.73. The lowest BCUT2D eigenvalue weighted by atomic mass is 9.86. The van der Waals surface area contributed by atoms with E-state index in [0.717, 1.165) is 0 Å². The molecular formula is C20H30O7. The van der Waals surface area contributed by atoms with Crippen LogP contribution in [0.4, 0.5) is 0 Å². The Labute approximate surface area is 159 Å². The molecule has 152 valence electrons. The third-order valence-electron chi connectivity index (χ3n) is 4.83. The number of rotatable bonds is 11. The van der Waals surface area contributed by atoms with E-state index in [1.807, 2.05) is 0 Å². The first-order valence-corrected chi connectivity index (χ1v) is 9.02. The van der Waals surface area contributed by atoms with Gasteiger partial charge in [-0.15, -0.1) is 0 Å². The van der Waals surface area contributed by atoms with E-state index in [-0.39, 0.29) is 22.8 Å². The molecule has 7 nitrogen and oxygen atoms in total.